The highest BCUT2D eigenvalue weighted by Crippen LogP contribution is 2.24. The Morgan fingerprint density at radius 2 is 2.00 bits per heavy atom. The number of hydrogen-bond donors (Lipinski definition) is 2. The highest BCUT2D eigenvalue weighted by molar-refractivity contribution is 7.17. The van der Waals surface area contributed by atoms with E-state index in [4.69, 9.17) is 10.8 Å². The van der Waals surface area contributed by atoms with E-state index < -0.39 is 35.8 Å². The van der Waals surface area contributed by atoms with Crippen LogP contribution < -0.4 is 5.73 Å². The number of nitrogens with two attached hydrogens (primary N) is 1. The van der Waals surface area contributed by atoms with Crippen LogP contribution in [0.15, 0.2) is 12.1 Å². The molecule has 102 valence electrons. The van der Waals surface area contributed by atoms with Gasteiger partial charge in [-0.25, -0.2) is 0 Å². The van der Waals surface area contributed by atoms with Gasteiger partial charge in [0, 0.05) is 6.07 Å². The van der Waals surface area contributed by atoms with Crippen LogP contribution >= 0.6 is 11.3 Å². The second-order valence-electron chi connectivity index (χ2n) is 3.42. The predicted molar refractivity (Wildman–Crippen MR) is 63.7 cm³/mol. The number of hydrogen-bond acceptors (Lipinski definition) is 6. The lowest BCUT2D eigenvalue weighted by atomic mass is 10.3. The van der Waals surface area contributed by atoms with Crippen molar-refractivity contribution in [3.63, 3.8) is 0 Å². The summed E-state index contributed by atoms with van der Waals surface area (Å²) in [6, 6.07) is 2.32. The molecule has 1 rings (SSSR count). The number of carbonyl (C=O) groups is 3. The van der Waals surface area contributed by atoms with E-state index in [9.17, 15) is 24.5 Å². The van der Waals surface area contributed by atoms with E-state index in [0.29, 0.717) is 16.2 Å². The van der Waals surface area contributed by atoms with Crippen LogP contribution in [0.3, 0.4) is 0 Å². The maximum absolute atomic E-state index is 11.9. The Hall–Kier alpha value is -2.49. The molecule has 0 saturated heterocycles. The van der Waals surface area contributed by atoms with Gasteiger partial charge in [0.2, 0.25) is 5.91 Å². The number of aliphatic carboxylic acids is 1. The number of carbonyl (C=O) groups excluding carboxylic acids is 2. The van der Waals surface area contributed by atoms with Gasteiger partial charge in [0.05, 0.1) is 9.80 Å². The average molecular weight is 287 g/mol. The summed E-state index contributed by atoms with van der Waals surface area (Å²) in [4.78, 5) is 43.7. The van der Waals surface area contributed by atoms with Gasteiger partial charge in [0.25, 0.3) is 5.91 Å². The number of nitrogens with zero attached hydrogens (tertiary/aromatic N) is 2. The summed E-state index contributed by atoms with van der Waals surface area (Å²) in [5, 5.41) is 18.9. The van der Waals surface area contributed by atoms with Gasteiger partial charge < -0.3 is 15.7 Å². The summed E-state index contributed by atoms with van der Waals surface area (Å²) in [5.74, 6) is -2.99. The molecule has 3 N–H and O–H groups in total. The Bertz CT molecular complexity index is 524. The van der Waals surface area contributed by atoms with Crippen molar-refractivity contribution in [3.8, 4) is 0 Å². The fourth-order valence-electron chi connectivity index (χ4n) is 1.25. The predicted octanol–water partition coefficient (Wildman–Crippen LogP) is -0.332. The first-order chi connectivity index (χ1) is 8.81. The zero-order chi connectivity index (χ0) is 14.6. The second-order valence-corrected chi connectivity index (χ2v) is 4.48. The largest absolute Gasteiger partial charge is 0.480 e. The first-order valence-electron chi connectivity index (χ1n) is 4.85. The van der Waals surface area contributed by atoms with Gasteiger partial charge in [0.1, 0.15) is 13.1 Å². The van der Waals surface area contributed by atoms with Crippen LogP contribution in [-0.4, -0.2) is 45.8 Å². The van der Waals surface area contributed by atoms with Crippen molar-refractivity contribution in [1.82, 2.24) is 4.90 Å². The summed E-state index contributed by atoms with van der Waals surface area (Å²) in [6.45, 7) is -1.29. The lowest BCUT2D eigenvalue weighted by molar-refractivity contribution is -0.380. The van der Waals surface area contributed by atoms with Crippen LogP contribution in [0.1, 0.15) is 9.67 Å². The molecule has 0 aliphatic rings. The Kier molecular flexibility index (Phi) is 4.53. The van der Waals surface area contributed by atoms with Crippen molar-refractivity contribution in [1.29, 1.82) is 0 Å². The van der Waals surface area contributed by atoms with E-state index in [0.717, 1.165) is 6.07 Å². The number of nitro groups is 1. The Labute approximate surface area is 110 Å². The topological polar surface area (TPSA) is 144 Å². The number of thiophene rings is 1. The number of primary amides is 1. The Balaban J connectivity index is 2.93. The summed E-state index contributed by atoms with van der Waals surface area (Å²) in [7, 11) is 0. The molecule has 1 aromatic rings. The normalized spacial score (nSPS) is 9.89. The van der Waals surface area contributed by atoms with E-state index in [1.165, 1.54) is 6.07 Å². The second kappa shape index (κ2) is 5.91. The maximum atomic E-state index is 11.9. The molecule has 9 nitrogen and oxygen atoms in total. The molecule has 0 aliphatic carbocycles. The van der Waals surface area contributed by atoms with Gasteiger partial charge in [-0.3, -0.25) is 24.5 Å². The molecule has 0 radical (unpaired) electrons. The monoisotopic (exact) mass is 287 g/mol. The van der Waals surface area contributed by atoms with Crippen molar-refractivity contribution < 1.29 is 24.4 Å². The number of carboxylic acid groups (broad SMARTS) is 1. The molecule has 0 aromatic carbocycles. The minimum atomic E-state index is -1.32. The third kappa shape index (κ3) is 4.03. The molecule has 0 saturated carbocycles. The molecule has 1 heterocycles. The Morgan fingerprint density at radius 3 is 2.42 bits per heavy atom. The van der Waals surface area contributed by atoms with Gasteiger partial charge in [0.15, 0.2) is 0 Å². The molecule has 0 unspecified atom stereocenters. The third-order valence-corrected chi connectivity index (χ3v) is 2.97. The van der Waals surface area contributed by atoms with E-state index in [-0.39, 0.29) is 9.88 Å². The molecule has 0 bridgehead atoms. The molecular formula is C9H9N3O6S. The standard InChI is InChI=1S/C9H9N3O6S/c10-6(13)3-11(4-8(14)15)9(16)5-1-2-7(19-5)12(17)18/h1-2H,3-4H2,(H2,10,13)(H,14,15). The van der Waals surface area contributed by atoms with E-state index in [2.05, 4.69) is 0 Å². The van der Waals surface area contributed by atoms with Crippen molar-refractivity contribution in [2.45, 2.75) is 0 Å². The first kappa shape index (κ1) is 14.6. The fraction of sp³-hybridized carbons (Fsp3) is 0.222. The third-order valence-electron chi connectivity index (χ3n) is 1.94. The summed E-state index contributed by atoms with van der Waals surface area (Å²) in [5.41, 5.74) is 4.91. The molecular weight excluding hydrogens is 278 g/mol. The average Bonchev–Trinajstić information content (AvgIpc) is 2.75. The molecule has 0 atom stereocenters. The van der Waals surface area contributed by atoms with Crippen molar-refractivity contribution in [2.75, 3.05) is 13.1 Å². The van der Waals surface area contributed by atoms with Crippen molar-refractivity contribution >= 4 is 34.1 Å². The van der Waals surface area contributed by atoms with E-state index >= 15 is 0 Å². The quantitative estimate of drug-likeness (QED) is 0.541. The number of carboxylic acids is 1. The van der Waals surface area contributed by atoms with Crippen LogP contribution in [-0.2, 0) is 9.59 Å². The highest BCUT2D eigenvalue weighted by Gasteiger charge is 2.23. The van der Waals surface area contributed by atoms with Crippen LogP contribution in [0.5, 0.6) is 0 Å². The molecule has 19 heavy (non-hydrogen) atoms. The van der Waals surface area contributed by atoms with Gasteiger partial charge in [-0.15, -0.1) is 0 Å². The van der Waals surface area contributed by atoms with Gasteiger partial charge in [-0.1, -0.05) is 11.3 Å². The lowest BCUT2D eigenvalue weighted by Gasteiger charge is -2.17. The smallest absolute Gasteiger partial charge is 0.324 e. The van der Waals surface area contributed by atoms with Crippen molar-refractivity contribution in [3.05, 3.63) is 27.1 Å². The summed E-state index contributed by atoms with van der Waals surface area (Å²) in [6.07, 6.45) is 0. The highest BCUT2D eigenvalue weighted by atomic mass is 32.1. The zero-order valence-corrected chi connectivity index (χ0v) is 10.3. The minimum absolute atomic E-state index is 0.0331. The first-order valence-corrected chi connectivity index (χ1v) is 5.66. The molecule has 0 spiro atoms. The van der Waals surface area contributed by atoms with Crippen molar-refractivity contribution in [2.24, 2.45) is 5.73 Å². The number of amides is 2. The Morgan fingerprint density at radius 1 is 1.37 bits per heavy atom. The molecule has 1 aromatic heterocycles. The molecule has 0 aliphatic heterocycles. The maximum Gasteiger partial charge on any atom is 0.324 e. The van der Waals surface area contributed by atoms with Crippen LogP contribution in [0.25, 0.3) is 0 Å². The molecule has 0 fully saturated rings. The van der Waals surface area contributed by atoms with Gasteiger partial charge in [-0.05, 0) is 6.07 Å². The zero-order valence-electron chi connectivity index (χ0n) is 9.44. The lowest BCUT2D eigenvalue weighted by Crippen LogP contribution is -2.41. The van der Waals surface area contributed by atoms with Crippen LogP contribution in [0.2, 0.25) is 0 Å². The SMILES string of the molecule is NC(=O)CN(CC(=O)O)C(=O)c1ccc([N+](=O)[O-])s1. The summed E-state index contributed by atoms with van der Waals surface area (Å²) < 4.78 is 0. The van der Waals surface area contributed by atoms with E-state index in [1.807, 2.05) is 0 Å². The van der Waals surface area contributed by atoms with Crippen LogP contribution in [0, 0.1) is 10.1 Å². The van der Waals surface area contributed by atoms with Crippen LogP contribution in [0.4, 0.5) is 5.00 Å². The summed E-state index contributed by atoms with van der Waals surface area (Å²) >= 11 is 0.596. The molecule has 2 amide bonds. The van der Waals surface area contributed by atoms with Gasteiger partial charge in [-0.2, -0.15) is 0 Å². The number of rotatable bonds is 6. The molecule has 10 heteroatoms. The minimum Gasteiger partial charge on any atom is -0.480 e. The van der Waals surface area contributed by atoms with E-state index in [1.54, 1.807) is 0 Å². The fourth-order valence-corrected chi connectivity index (χ4v) is 2.04. The van der Waals surface area contributed by atoms with Gasteiger partial charge >= 0.3 is 11.0 Å².